The van der Waals surface area contributed by atoms with Crippen molar-refractivity contribution in [1.82, 2.24) is 5.32 Å². The van der Waals surface area contributed by atoms with Gasteiger partial charge in [0, 0.05) is 5.69 Å². The third-order valence-electron chi connectivity index (χ3n) is 4.15. The van der Waals surface area contributed by atoms with Crippen LogP contribution in [0.1, 0.15) is 31.7 Å². The van der Waals surface area contributed by atoms with Crippen LogP contribution in [0.2, 0.25) is 0 Å². The minimum absolute atomic E-state index is 0.245. The second-order valence-corrected chi connectivity index (χ2v) is 6.70. The molecule has 0 saturated heterocycles. The van der Waals surface area contributed by atoms with Crippen LogP contribution >= 0.6 is 0 Å². The first kappa shape index (κ1) is 22.2. The van der Waals surface area contributed by atoms with Crippen molar-refractivity contribution in [2.24, 2.45) is 0 Å². The summed E-state index contributed by atoms with van der Waals surface area (Å²) in [6.07, 6.45) is 2.45. The molecule has 0 radical (unpaired) electrons. The highest BCUT2D eigenvalue weighted by Crippen LogP contribution is 2.16. The van der Waals surface area contributed by atoms with E-state index in [1.54, 1.807) is 31.2 Å². The van der Waals surface area contributed by atoms with Crippen molar-refractivity contribution in [2.45, 2.75) is 38.6 Å². The van der Waals surface area contributed by atoms with E-state index in [-0.39, 0.29) is 6.61 Å². The van der Waals surface area contributed by atoms with Crippen LogP contribution in [0.5, 0.6) is 5.75 Å². The van der Waals surface area contributed by atoms with Crippen molar-refractivity contribution < 1.29 is 24.2 Å². The predicted octanol–water partition coefficient (Wildman–Crippen LogP) is 4.12. The highest BCUT2D eigenvalue weighted by atomic mass is 16.6. The lowest BCUT2D eigenvalue weighted by Crippen LogP contribution is -2.37. The summed E-state index contributed by atoms with van der Waals surface area (Å²) < 4.78 is 10.3. The molecule has 0 aliphatic carbocycles. The van der Waals surface area contributed by atoms with E-state index >= 15 is 0 Å². The number of benzene rings is 2. The largest absolute Gasteiger partial charge is 0.494 e. The Hall–Kier alpha value is -3.06. The molecular formula is C22H28N2O5. The molecule has 7 heteroatoms. The number of aliphatic hydroxyl groups is 1. The Morgan fingerprint density at radius 2 is 1.69 bits per heavy atom. The van der Waals surface area contributed by atoms with E-state index in [0.29, 0.717) is 18.0 Å². The Balaban J connectivity index is 1.61. The van der Waals surface area contributed by atoms with E-state index < -0.39 is 18.2 Å². The van der Waals surface area contributed by atoms with E-state index in [4.69, 9.17) is 9.84 Å². The number of alkyl carbamates (subject to hydrolysis) is 1. The summed E-state index contributed by atoms with van der Waals surface area (Å²) in [5, 5.41) is 13.6. The number of ether oxygens (including phenoxy) is 2. The predicted molar refractivity (Wildman–Crippen MR) is 111 cm³/mol. The van der Waals surface area contributed by atoms with Gasteiger partial charge in [-0.2, -0.15) is 0 Å². The minimum atomic E-state index is -0.920. The van der Waals surface area contributed by atoms with Gasteiger partial charge >= 0.3 is 12.2 Å². The van der Waals surface area contributed by atoms with Gasteiger partial charge in [-0.25, -0.2) is 9.59 Å². The van der Waals surface area contributed by atoms with Crippen LogP contribution in [0.15, 0.2) is 54.6 Å². The maximum Gasteiger partial charge on any atom is 0.420 e. The molecule has 0 bridgehead atoms. The standard InChI is InChI=1S/C22H28N2O5/c1-17(16-25)23-21(26)29-22(27)24-19-11-13-20(14-12-19)28-15-7-3-6-10-18-8-4-2-5-9-18/h2,4-5,8-9,11-14,17,25H,3,6-7,10,15-16H2,1H3,(H,23,26)(H,24,27)/t17-/m0/s1. The number of aryl methyl sites for hydroxylation is 1. The van der Waals surface area contributed by atoms with Crippen LogP contribution in [-0.2, 0) is 11.2 Å². The van der Waals surface area contributed by atoms with Gasteiger partial charge in [0.25, 0.3) is 0 Å². The van der Waals surface area contributed by atoms with Crippen molar-refractivity contribution in [3.8, 4) is 5.75 Å². The molecule has 7 nitrogen and oxygen atoms in total. The van der Waals surface area contributed by atoms with E-state index in [1.165, 1.54) is 5.56 Å². The fourth-order valence-corrected chi connectivity index (χ4v) is 2.58. The van der Waals surface area contributed by atoms with Gasteiger partial charge in [0.05, 0.1) is 19.3 Å². The Morgan fingerprint density at radius 1 is 0.966 bits per heavy atom. The van der Waals surface area contributed by atoms with Crippen molar-refractivity contribution in [3.05, 3.63) is 60.2 Å². The highest BCUT2D eigenvalue weighted by Gasteiger charge is 2.12. The maximum absolute atomic E-state index is 11.7. The lowest BCUT2D eigenvalue weighted by atomic mass is 10.1. The Bertz CT molecular complexity index is 750. The zero-order valence-electron chi connectivity index (χ0n) is 16.6. The first-order chi connectivity index (χ1) is 14.1. The smallest absolute Gasteiger partial charge is 0.420 e. The summed E-state index contributed by atoms with van der Waals surface area (Å²) in [4.78, 5) is 23.1. The van der Waals surface area contributed by atoms with E-state index in [0.717, 1.165) is 25.7 Å². The molecule has 156 valence electrons. The summed E-state index contributed by atoms with van der Waals surface area (Å²) in [5.41, 5.74) is 1.84. The van der Waals surface area contributed by atoms with Gasteiger partial charge < -0.3 is 19.9 Å². The summed E-state index contributed by atoms with van der Waals surface area (Å²) in [6.45, 7) is 1.97. The number of rotatable bonds is 10. The van der Waals surface area contributed by atoms with Gasteiger partial charge in [0.15, 0.2) is 0 Å². The molecule has 3 N–H and O–H groups in total. The second kappa shape index (κ2) is 12.4. The minimum Gasteiger partial charge on any atom is -0.494 e. The molecule has 29 heavy (non-hydrogen) atoms. The second-order valence-electron chi connectivity index (χ2n) is 6.70. The molecule has 2 aromatic rings. The van der Waals surface area contributed by atoms with Crippen molar-refractivity contribution in [1.29, 1.82) is 0 Å². The lowest BCUT2D eigenvalue weighted by Gasteiger charge is -2.11. The topological polar surface area (TPSA) is 96.9 Å². The first-order valence-corrected chi connectivity index (χ1v) is 9.74. The van der Waals surface area contributed by atoms with E-state index in [2.05, 4.69) is 39.6 Å². The molecular weight excluding hydrogens is 372 g/mol. The van der Waals surface area contributed by atoms with Crippen LogP contribution < -0.4 is 15.4 Å². The number of amides is 2. The Labute approximate surface area is 171 Å². The van der Waals surface area contributed by atoms with Gasteiger partial charge in [0.1, 0.15) is 5.75 Å². The fourth-order valence-electron chi connectivity index (χ4n) is 2.58. The number of nitrogens with one attached hydrogen (secondary N) is 2. The zero-order chi connectivity index (χ0) is 20.9. The van der Waals surface area contributed by atoms with Crippen molar-refractivity contribution in [2.75, 3.05) is 18.5 Å². The molecule has 0 heterocycles. The van der Waals surface area contributed by atoms with Crippen molar-refractivity contribution in [3.63, 3.8) is 0 Å². The monoisotopic (exact) mass is 400 g/mol. The molecule has 2 amide bonds. The molecule has 0 aliphatic rings. The van der Waals surface area contributed by atoms with Crippen LogP contribution in [0.3, 0.4) is 0 Å². The number of aliphatic hydroxyl groups excluding tert-OH is 1. The maximum atomic E-state index is 11.7. The van der Waals surface area contributed by atoms with E-state index in [9.17, 15) is 9.59 Å². The molecule has 0 spiro atoms. The SMILES string of the molecule is C[C@@H](CO)NC(=O)OC(=O)Nc1ccc(OCCCCCc2ccccc2)cc1. The summed E-state index contributed by atoms with van der Waals surface area (Å²) >= 11 is 0. The fraction of sp³-hybridized carbons (Fsp3) is 0.364. The van der Waals surface area contributed by atoms with Gasteiger partial charge in [-0.05, 0) is 62.4 Å². The number of hydrogen-bond acceptors (Lipinski definition) is 5. The number of carbonyl (C=O) groups excluding carboxylic acids is 2. The average molecular weight is 400 g/mol. The Morgan fingerprint density at radius 3 is 2.38 bits per heavy atom. The molecule has 2 rings (SSSR count). The van der Waals surface area contributed by atoms with Crippen LogP contribution in [0.4, 0.5) is 15.3 Å². The number of hydrogen-bond donors (Lipinski definition) is 3. The van der Waals surface area contributed by atoms with Crippen LogP contribution in [0.25, 0.3) is 0 Å². The molecule has 2 aromatic carbocycles. The highest BCUT2D eigenvalue weighted by molar-refractivity contribution is 5.92. The quantitative estimate of drug-likeness (QED) is 0.412. The summed E-state index contributed by atoms with van der Waals surface area (Å²) in [6, 6.07) is 16.8. The Kier molecular flexibility index (Phi) is 9.51. The van der Waals surface area contributed by atoms with Gasteiger partial charge in [-0.3, -0.25) is 5.32 Å². The van der Waals surface area contributed by atoms with Gasteiger partial charge in [-0.15, -0.1) is 0 Å². The molecule has 0 aliphatic heterocycles. The molecule has 0 saturated carbocycles. The normalized spacial score (nSPS) is 11.4. The molecule has 0 fully saturated rings. The molecule has 0 aromatic heterocycles. The van der Waals surface area contributed by atoms with Crippen molar-refractivity contribution >= 4 is 17.9 Å². The zero-order valence-corrected chi connectivity index (χ0v) is 16.6. The summed E-state index contributed by atoms with van der Waals surface area (Å²) in [7, 11) is 0. The molecule has 1 atom stereocenters. The van der Waals surface area contributed by atoms with Crippen LogP contribution in [-0.4, -0.2) is 36.5 Å². The van der Waals surface area contributed by atoms with Gasteiger partial charge in [-0.1, -0.05) is 30.3 Å². The van der Waals surface area contributed by atoms with Crippen LogP contribution in [0, 0.1) is 0 Å². The lowest BCUT2D eigenvalue weighted by molar-refractivity contribution is 0.152. The number of unbranched alkanes of at least 4 members (excludes halogenated alkanes) is 2. The third kappa shape index (κ3) is 9.12. The number of carbonyl (C=O) groups is 2. The first-order valence-electron chi connectivity index (χ1n) is 9.74. The average Bonchev–Trinajstić information content (AvgIpc) is 2.72. The summed E-state index contributed by atoms with van der Waals surface area (Å²) in [5.74, 6) is 0.710. The third-order valence-corrected chi connectivity index (χ3v) is 4.15. The van der Waals surface area contributed by atoms with E-state index in [1.807, 2.05) is 6.07 Å². The number of anilines is 1. The molecule has 0 unspecified atom stereocenters. The van der Waals surface area contributed by atoms with Gasteiger partial charge in [0.2, 0.25) is 0 Å².